The number of aliphatic hydroxyl groups excluding tert-OH is 1. The Morgan fingerprint density at radius 2 is 1.85 bits per heavy atom. The molecule has 2 unspecified atom stereocenters. The fourth-order valence-corrected chi connectivity index (χ4v) is 4.22. The molecule has 0 saturated carbocycles. The van der Waals surface area contributed by atoms with E-state index >= 15 is 0 Å². The SMILES string of the molecule is Cc1ccc(S(=O)(=O)N2CC(N)C(O)C(C)(C)C2)cc1. The molecule has 1 aromatic carbocycles. The normalized spacial score (nSPS) is 27.4. The van der Waals surface area contributed by atoms with Crippen molar-refractivity contribution in [1.29, 1.82) is 0 Å². The molecule has 0 spiro atoms. The Bertz CT molecular complexity index is 581. The predicted octanol–water partition coefficient (Wildman–Crippen LogP) is 0.714. The quantitative estimate of drug-likeness (QED) is 0.842. The summed E-state index contributed by atoms with van der Waals surface area (Å²) in [5.41, 5.74) is 6.34. The highest BCUT2D eigenvalue weighted by Crippen LogP contribution is 2.31. The Labute approximate surface area is 120 Å². The van der Waals surface area contributed by atoms with Gasteiger partial charge < -0.3 is 10.8 Å². The predicted molar refractivity (Wildman–Crippen MR) is 77.7 cm³/mol. The topological polar surface area (TPSA) is 83.6 Å². The van der Waals surface area contributed by atoms with Crippen LogP contribution < -0.4 is 5.73 Å². The molecule has 0 radical (unpaired) electrons. The van der Waals surface area contributed by atoms with Gasteiger partial charge in [-0.05, 0) is 19.1 Å². The maximum Gasteiger partial charge on any atom is 0.243 e. The first-order valence-corrected chi connectivity index (χ1v) is 8.09. The monoisotopic (exact) mass is 298 g/mol. The van der Waals surface area contributed by atoms with Gasteiger partial charge in [-0.3, -0.25) is 0 Å². The van der Waals surface area contributed by atoms with E-state index in [9.17, 15) is 13.5 Å². The third kappa shape index (κ3) is 2.74. The van der Waals surface area contributed by atoms with Crippen LogP contribution in [0.3, 0.4) is 0 Å². The number of aryl methyl sites for hydroxylation is 1. The van der Waals surface area contributed by atoms with Crippen LogP contribution in [0.2, 0.25) is 0 Å². The van der Waals surface area contributed by atoms with Gasteiger partial charge in [-0.1, -0.05) is 31.5 Å². The summed E-state index contributed by atoms with van der Waals surface area (Å²) in [7, 11) is -3.56. The van der Waals surface area contributed by atoms with Crippen LogP contribution in [0.25, 0.3) is 0 Å². The van der Waals surface area contributed by atoms with Crippen LogP contribution in [-0.4, -0.2) is 43.1 Å². The Morgan fingerprint density at radius 3 is 2.35 bits per heavy atom. The van der Waals surface area contributed by atoms with Crippen molar-refractivity contribution >= 4 is 10.0 Å². The van der Waals surface area contributed by atoms with Crippen LogP contribution in [0.4, 0.5) is 0 Å². The smallest absolute Gasteiger partial charge is 0.243 e. The Morgan fingerprint density at radius 1 is 1.30 bits per heavy atom. The van der Waals surface area contributed by atoms with Crippen molar-refractivity contribution in [3.05, 3.63) is 29.8 Å². The number of nitrogens with zero attached hydrogens (tertiary/aromatic N) is 1. The number of piperidine rings is 1. The fraction of sp³-hybridized carbons (Fsp3) is 0.571. The molecule has 1 heterocycles. The van der Waals surface area contributed by atoms with Gasteiger partial charge in [0, 0.05) is 24.5 Å². The van der Waals surface area contributed by atoms with Gasteiger partial charge in [0.15, 0.2) is 0 Å². The molecular formula is C14H22N2O3S. The standard InChI is InChI=1S/C14H22N2O3S/c1-10-4-6-11(7-5-10)20(18,19)16-8-12(15)13(17)14(2,3)9-16/h4-7,12-13,17H,8-9,15H2,1-3H3. The summed E-state index contributed by atoms with van der Waals surface area (Å²) in [5, 5.41) is 10.0. The minimum atomic E-state index is -3.56. The molecule has 5 nitrogen and oxygen atoms in total. The zero-order valence-corrected chi connectivity index (χ0v) is 12.9. The first-order chi connectivity index (χ1) is 9.14. The second-order valence-corrected chi connectivity index (χ2v) is 8.15. The zero-order chi connectivity index (χ0) is 15.1. The number of benzene rings is 1. The highest BCUT2D eigenvalue weighted by Gasteiger charge is 2.43. The van der Waals surface area contributed by atoms with Gasteiger partial charge >= 0.3 is 0 Å². The molecule has 1 fully saturated rings. The van der Waals surface area contributed by atoms with Crippen LogP contribution in [0.15, 0.2) is 29.2 Å². The molecule has 1 aromatic rings. The highest BCUT2D eigenvalue weighted by molar-refractivity contribution is 7.89. The lowest BCUT2D eigenvalue weighted by Crippen LogP contribution is -2.61. The van der Waals surface area contributed by atoms with Gasteiger partial charge in [0.25, 0.3) is 0 Å². The molecule has 20 heavy (non-hydrogen) atoms. The van der Waals surface area contributed by atoms with Crippen LogP contribution in [0, 0.1) is 12.3 Å². The van der Waals surface area contributed by atoms with E-state index in [1.54, 1.807) is 24.3 Å². The molecule has 0 aliphatic carbocycles. The maximum absolute atomic E-state index is 12.6. The first-order valence-electron chi connectivity index (χ1n) is 6.65. The van der Waals surface area contributed by atoms with Gasteiger partial charge in [-0.2, -0.15) is 4.31 Å². The summed E-state index contributed by atoms with van der Waals surface area (Å²) in [6.45, 7) is 5.97. The Hall–Kier alpha value is -0.950. The van der Waals surface area contributed by atoms with Gasteiger partial charge in [-0.15, -0.1) is 0 Å². The Balaban J connectivity index is 2.33. The largest absolute Gasteiger partial charge is 0.391 e. The molecule has 0 amide bonds. The minimum absolute atomic E-state index is 0.140. The second-order valence-electron chi connectivity index (χ2n) is 6.21. The summed E-state index contributed by atoms with van der Waals surface area (Å²) in [6.07, 6.45) is -0.702. The highest BCUT2D eigenvalue weighted by atomic mass is 32.2. The van der Waals surface area contributed by atoms with Crippen molar-refractivity contribution in [3.63, 3.8) is 0 Å². The van der Waals surface area contributed by atoms with Gasteiger partial charge in [0.05, 0.1) is 11.0 Å². The maximum atomic E-state index is 12.6. The van der Waals surface area contributed by atoms with E-state index in [0.717, 1.165) is 5.56 Å². The van der Waals surface area contributed by atoms with Crippen molar-refractivity contribution < 1.29 is 13.5 Å². The summed E-state index contributed by atoms with van der Waals surface area (Å²) in [6, 6.07) is 6.19. The molecule has 1 aliphatic rings. The van der Waals surface area contributed by atoms with E-state index < -0.39 is 27.6 Å². The molecule has 1 saturated heterocycles. The zero-order valence-electron chi connectivity index (χ0n) is 12.1. The minimum Gasteiger partial charge on any atom is -0.391 e. The van der Waals surface area contributed by atoms with E-state index in [1.807, 2.05) is 20.8 Å². The van der Waals surface area contributed by atoms with Crippen molar-refractivity contribution in [2.45, 2.75) is 37.8 Å². The fourth-order valence-electron chi connectivity index (χ4n) is 2.57. The molecule has 2 rings (SSSR count). The summed E-state index contributed by atoms with van der Waals surface area (Å²) in [4.78, 5) is 0.266. The lowest BCUT2D eigenvalue weighted by atomic mass is 9.80. The second kappa shape index (κ2) is 5.11. The van der Waals surface area contributed by atoms with Crippen molar-refractivity contribution in [2.75, 3.05) is 13.1 Å². The van der Waals surface area contributed by atoms with Crippen molar-refractivity contribution in [3.8, 4) is 0 Å². The molecule has 6 heteroatoms. The van der Waals surface area contributed by atoms with E-state index in [2.05, 4.69) is 0 Å². The van der Waals surface area contributed by atoms with Crippen LogP contribution in [0.1, 0.15) is 19.4 Å². The third-order valence-corrected chi connectivity index (χ3v) is 5.69. The van der Waals surface area contributed by atoms with Crippen molar-refractivity contribution in [2.24, 2.45) is 11.1 Å². The summed E-state index contributed by atoms with van der Waals surface area (Å²) >= 11 is 0. The molecule has 2 atom stereocenters. The number of hydrogen-bond donors (Lipinski definition) is 2. The van der Waals surface area contributed by atoms with E-state index in [4.69, 9.17) is 5.73 Å². The average molecular weight is 298 g/mol. The number of nitrogens with two attached hydrogens (primary N) is 1. The van der Waals surface area contributed by atoms with E-state index in [-0.39, 0.29) is 18.0 Å². The number of sulfonamides is 1. The van der Waals surface area contributed by atoms with E-state index in [1.165, 1.54) is 4.31 Å². The van der Waals surface area contributed by atoms with Crippen LogP contribution >= 0.6 is 0 Å². The lowest BCUT2D eigenvalue weighted by Gasteiger charge is -2.44. The molecular weight excluding hydrogens is 276 g/mol. The van der Waals surface area contributed by atoms with E-state index in [0.29, 0.717) is 0 Å². The van der Waals surface area contributed by atoms with Crippen LogP contribution in [-0.2, 0) is 10.0 Å². The lowest BCUT2D eigenvalue weighted by molar-refractivity contribution is -0.0157. The molecule has 3 N–H and O–H groups in total. The van der Waals surface area contributed by atoms with Crippen LogP contribution in [0.5, 0.6) is 0 Å². The first kappa shape index (κ1) is 15.4. The molecule has 1 aliphatic heterocycles. The van der Waals surface area contributed by atoms with Gasteiger partial charge in [0.2, 0.25) is 10.0 Å². The Kier molecular flexibility index (Phi) is 3.94. The molecule has 0 aromatic heterocycles. The number of rotatable bonds is 2. The third-order valence-electron chi connectivity index (χ3n) is 3.86. The summed E-state index contributed by atoms with van der Waals surface area (Å²) in [5.74, 6) is 0. The molecule has 112 valence electrons. The van der Waals surface area contributed by atoms with Gasteiger partial charge in [-0.25, -0.2) is 8.42 Å². The van der Waals surface area contributed by atoms with Gasteiger partial charge in [0.1, 0.15) is 0 Å². The number of aliphatic hydroxyl groups is 1. The summed E-state index contributed by atoms with van der Waals surface area (Å²) < 4.78 is 26.6. The molecule has 0 bridgehead atoms. The number of hydrogen-bond acceptors (Lipinski definition) is 4. The van der Waals surface area contributed by atoms with Crippen molar-refractivity contribution in [1.82, 2.24) is 4.31 Å². The average Bonchev–Trinajstić information content (AvgIpc) is 2.35.